The number of carbonyl (C=O) groups is 2. The van der Waals surface area contributed by atoms with Crippen molar-refractivity contribution in [3.8, 4) is 0 Å². The van der Waals surface area contributed by atoms with Gasteiger partial charge in [-0.2, -0.15) is 0 Å². The summed E-state index contributed by atoms with van der Waals surface area (Å²) in [5.41, 5.74) is 5.90. The number of hydrogen-bond donors (Lipinski definition) is 3. The summed E-state index contributed by atoms with van der Waals surface area (Å²) in [5.74, 6) is -0.129. The van der Waals surface area contributed by atoms with E-state index >= 15 is 0 Å². The van der Waals surface area contributed by atoms with Crippen molar-refractivity contribution >= 4 is 17.6 Å². The summed E-state index contributed by atoms with van der Waals surface area (Å²) < 4.78 is 4.80. The highest BCUT2D eigenvalue weighted by Crippen LogP contribution is 2.02. The number of methoxy groups -OCH3 is 1. The fourth-order valence-corrected chi connectivity index (χ4v) is 1.36. The van der Waals surface area contributed by atoms with E-state index in [0.29, 0.717) is 18.7 Å². The summed E-state index contributed by atoms with van der Waals surface area (Å²) in [6.07, 6.45) is 1.68. The smallest absolute Gasteiger partial charge is 0.251 e. The van der Waals surface area contributed by atoms with Crippen molar-refractivity contribution in [2.24, 2.45) is 0 Å². The third-order valence-electron chi connectivity index (χ3n) is 2.31. The van der Waals surface area contributed by atoms with Gasteiger partial charge >= 0.3 is 0 Å². The fourth-order valence-electron chi connectivity index (χ4n) is 1.36. The lowest BCUT2D eigenvalue weighted by Crippen LogP contribution is -2.32. The molecule has 1 aromatic rings. The van der Waals surface area contributed by atoms with Crippen LogP contribution in [0.2, 0.25) is 0 Å². The number of aromatic nitrogens is 1. The van der Waals surface area contributed by atoms with Gasteiger partial charge in [-0.05, 0) is 12.1 Å². The molecular formula is C12H18N4O3. The zero-order valence-electron chi connectivity index (χ0n) is 10.8. The van der Waals surface area contributed by atoms with Crippen molar-refractivity contribution in [1.82, 2.24) is 15.6 Å². The molecule has 1 heterocycles. The number of nitrogens with zero attached hydrogens (tertiary/aromatic N) is 1. The molecule has 0 radical (unpaired) electrons. The van der Waals surface area contributed by atoms with Crippen molar-refractivity contribution in [2.45, 2.75) is 6.42 Å². The normalized spacial score (nSPS) is 9.95. The van der Waals surface area contributed by atoms with E-state index in [4.69, 9.17) is 10.5 Å². The molecule has 19 heavy (non-hydrogen) atoms. The fraction of sp³-hybridized carbons (Fsp3) is 0.417. The first kappa shape index (κ1) is 14.9. The van der Waals surface area contributed by atoms with Crippen molar-refractivity contribution < 1.29 is 14.3 Å². The average Bonchev–Trinajstić information content (AvgIpc) is 2.39. The molecule has 0 unspecified atom stereocenters. The number of hydrogen-bond acceptors (Lipinski definition) is 5. The summed E-state index contributed by atoms with van der Waals surface area (Å²) in [6.45, 7) is 1.19. The van der Waals surface area contributed by atoms with Crippen LogP contribution in [0.3, 0.4) is 0 Å². The number of carbonyl (C=O) groups excluding carboxylic acids is 2. The molecule has 0 aliphatic heterocycles. The first-order chi connectivity index (χ1) is 9.13. The number of pyridine rings is 1. The van der Waals surface area contributed by atoms with E-state index in [2.05, 4.69) is 15.6 Å². The minimum atomic E-state index is -0.279. The van der Waals surface area contributed by atoms with Crippen LogP contribution in [-0.4, -0.2) is 43.6 Å². The Morgan fingerprint density at radius 1 is 1.37 bits per heavy atom. The summed E-state index contributed by atoms with van der Waals surface area (Å²) in [7, 11) is 1.56. The van der Waals surface area contributed by atoms with Gasteiger partial charge in [-0.3, -0.25) is 9.59 Å². The maximum Gasteiger partial charge on any atom is 0.251 e. The van der Waals surface area contributed by atoms with Gasteiger partial charge in [0.2, 0.25) is 5.91 Å². The molecule has 1 rings (SSSR count). The third-order valence-corrected chi connectivity index (χ3v) is 2.31. The second-order valence-corrected chi connectivity index (χ2v) is 3.82. The van der Waals surface area contributed by atoms with Gasteiger partial charge in [0.1, 0.15) is 5.82 Å². The Kier molecular flexibility index (Phi) is 6.31. The van der Waals surface area contributed by atoms with Crippen LogP contribution in [0.1, 0.15) is 16.8 Å². The molecule has 7 heteroatoms. The lowest BCUT2D eigenvalue weighted by atomic mass is 10.2. The summed E-state index contributed by atoms with van der Waals surface area (Å²) >= 11 is 0. The maximum absolute atomic E-state index is 11.7. The molecule has 0 aliphatic carbocycles. The Balaban J connectivity index is 2.25. The highest BCUT2D eigenvalue weighted by atomic mass is 16.5. The molecule has 0 fully saturated rings. The largest absolute Gasteiger partial charge is 0.384 e. The van der Waals surface area contributed by atoms with Gasteiger partial charge in [-0.1, -0.05) is 0 Å². The highest BCUT2D eigenvalue weighted by molar-refractivity contribution is 5.94. The SMILES string of the molecule is COCCNC(=O)CCNC(=O)c1ccnc(N)c1. The predicted octanol–water partition coefficient (Wildman–Crippen LogP) is -0.454. The molecule has 0 aliphatic rings. The molecule has 0 saturated carbocycles. The van der Waals surface area contributed by atoms with Crippen molar-refractivity contribution in [3.05, 3.63) is 23.9 Å². The van der Waals surface area contributed by atoms with Gasteiger partial charge in [0.05, 0.1) is 6.61 Å². The Labute approximate surface area is 111 Å². The highest BCUT2D eigenvalue weighted by Gasteiger charge is 2.06. The van der Waals surface area contributed by atoms with Crippen LogP contribution < -0.4 is 16.4 Å². The number of nitrogens with two attached hydrogens (primary N) is 1. The van der Waals surface area contributed by atoms with E-state index in [1.165, 1.54) is 12.3 Å². The van der Waals surface area contributed by atoms with Crippen LogP contribution in [0.5, 0.6) is 0 Å². The zero-order valence-corrected chi connectivity index (χ0v) is 10.8. The molecule has 104 valence electrons. The molecule has 2 amide bonds. The Bertz CT molecular complexity index is 437. The van der Waals surface area contributed by atoms with Crippen LogP contribution in [0, 0.1) is 0 Å². The monoisotopic (exact) mass is 266 g/mol. The molecule has 1 aromatic heterocycles. The van der Waals surface area contributed by atoms with E-state index in [1.807, 2.05) is 0 Å². The van der Waals surface area contributed by atoms with E-state index in [0.717, 1.165) is 0 Å². The first-order valence-corrected chi connectivity index (χ1v) is 5.89. The zero-order chi connectivity index (χ0) is 14.1. The number of rotatable bonds is 7. The lowest BCUT2D eigenvalue weighted by molar-refractivity contribution is -0.121. The second kappa shape index (κ2) is 8.04. The predicted molar refractivity (Wildman–Crippen MR) is 70.5 cm³/mol. The van der Waals surface area contributed by atoms with Gasteiger partial charge in [0, 0.05) is 38.4 Å². The van der Waals surface area contributed by atoms with Gasteiger partial charge < -0.3 is 21.1 Å². The van der Waals surface area contributed by atoms with Crippen LogP contribution in [0.4, 0.5) is 5.82 Å². The minimum Gasteiger partial charge on any atom is -0.384 e. The van der Waals surface area contributed by atoms with E-state index in [1.54, 1.807) is 13.2 Å². The standard InChI is InChI=1S/C12H18N4O3/c1-19-7-6-15-11(17)3-5-16-12(18)9-2-4-14-10(13)8-9/h2,4,8H,3,5-7H2,1H3,(H2,13,14)(H,15,17)(H,16,18). The molecule has 7 nitrogen and oxygen atoms in total. The van der Waals surface area contributed by atoms with Crippen molar-refractivity contribution in [2.75, 3.05) is 32.5 Å². The number of nitrogen functional groups attached to an aromatic ring is 1. The van der Waals surface area contributed by atoms with Gasteiger partial charge in [-0.25, -0.2) is 4.98 Å². The van der Waals surface area contributed by atoms with Crippen molar-refractivity contribution in [3.63, 3.8) is 0 Å². The molecular weight excluding hydrogens is 248 g/mol. The molecule has 4 N–H and O–H groups in total. The molecule has 0 spiro atoms. The second-order valence-electron chi connectivity index (χ2n) is 3.82. The van der Waals surface area contributed by atoms with Crippen LogP contribution in [0.25, 0.3) is 0 Å². The van der Waals surface area contributed by atoms with E-state index < -0.39 is 0 Å². The number of nitrogens with one attached hydrogen (secondary N) is 2. The van der Waals surface area contributed by atoms with Crippen LogP contribution in [0.15, 0.2) is 18.3 Å². The minimum absolute atomic E-state index is 0.133. The quantitative estimate of drug-likeness (QED) is 0.579. The Morgan fingerprint density at radius 3 is 2.84 bits per heavy atom. The molecule has 0 aromatic carbocycles. The number of anilines is 1. The molecule has 0 atom stereocenters. The van der Waals surface area contributed by atoms with Crippen molar-refractivity contribution in [1.29, 1.82) is 0 Å². The third kappa shape index (κ3) is 5.82. The summed E-state index contributed by atoms with van der Waals surface area (Å²) in [6, 6.07) is 3.04. The Hall–Kier alpha value is -2.15. The van der Waals surface area contributed by atoms with Crippen LogP contribution in [-0.2, 0) is 9.53 Å². The topological polar surface area (TPSA) is 106 Å². The number of amides is 2. The van der Waals surface area contributed by atoms with Gasteiger partial charge in [0.15, 0.2) is 0 Å². The molecule has 0 saturated heterocycles. The summed E-state index contributed by atoms with van der Waals surface area (Å²) in [4.78, 5) is 26.8. The summed E-state index contributed by atoms with van der Waals surface area (Å²) in [5, 5.41) is 5.29. The van der Waals surface area contributed by atoms with Gasteiger partial charge in [-0.15, -0.1) is 0 Å². The average molecular weight is 266 g/mol. The van der Waals surface area contributed by atoms with Gasteiger partial charge in [0.25, 0.3) is 5.91 Å². The van der Waals surface area contributed by atoms with E-state index in [9.17, 15) is 9.59 Å². The van der Waals surface area contributed by atoms with Crippen LogP contribution >= 0.6 is 0 Å². The Morgan fingerprint density at radius 2 is 2.16 bits per heavy atom. The first-order valence-electron chi connectivity index (χ1n) is 5.89. The lowest BCUT2D eigenvalue weighted by Gasteiger charge is -2.06. The molecule has 0 bridgehead atoms. The maximum atomic E-state index is 11.7. The number of ether oxygens (including phenoxy) is 1. The van der Waals surface area contributed by atoms with E-state index in [-0.39, 0.29) is 30.6 Å².